The number of thioether (sulfide) groups is 1. The van der Waals surface area contributed by atoms with Gasteiger partial charge in [-0.25, -0.2) is 0 Å². The second kappa shape index (κ2) is 11.8. The van der Waals surface area contributed by atoms with E-state index in [1.165, 1.54) is 6.42 Å². The molecule has 0 spiro atoms. The molecule has 1 aliphatic heterocycles. The quantitative estimate of drug-likeness (QED) is 0.318. The number of rotatable bonds is 8. The van der Waals surface area contributed by atoms with Crippen molar-refractivity contribution < 1.29 is 14.3 Å². The molecule has 1 saturated carbocycles. The fourth-order valence-corrected chi connectivity index (χ4v) is 6.19. The summed E-state index contributed by atoms with van der Waals surface area (Å²) in [5, 5.41) is 3.96. The van der Waals surface area contributed by atoms with Crippen molar-refractivity contribution in [3.05, 3.63) is 58.0 Å². The Hall–Kier alpha value is -2.75. The highest BCUT2D eigenvalue weighted by Crippen LogP contribution is 2.43. The van der Waals surface area contributed by atoms with Gasteiger partial charge in [0.05, 0.1) is 16.5 Å². The molecule has 184 valence electrons. The van der Waals surface area contributed by atoms with Gasteiger partial charge >= 0.3 is 0 Å². The number of nitrogens with zero attached hydrogens (tertiary/aromatic N) is 1. The van der Waals surface area contributed by atoms with Gasteiger partial charge in [-0.15, -0.1) is 6.42 Å². The van der Waals surface area contributed by atoms with Crippen LogP contribution in [0.25, 0.3) is 6.08 Å². The third-order valence-electron chi connectivity index (χ3n) is 6.35. The Morgan fingerprint density at radius 1 is 1.23 bits per heavy atom. The van der Waals surface area contributed by atoms with Crippen LogP contribution in [0.4, 0.5) is 5.69 Å². The molecular weight excluding hydrogens is 480 g/mol. The summed E-state index contributed by atoms with van der Waals surface area (Å²) in [7, 11) is 0. The molecule has 2 aromatic rings. The second-order valence-corrected chi connectivity index (χ2v) is 10.3. The van der Waals surface area contributed by atoms with Crippen LogP contribution in [0.5, 0.6) is 11.5 Å². The van der Waals surface area contributed by atoms with Gasteiger partial charge in [-0.2, -0.15) is 0 Å². The molecule has 1 amide bonds. The summed E-state index contributed by atoms with van der Waals surface area (Å²) < 4.78 is 11.4. The molecule has 1 saturated heterocycles. The first-order valence-electron chi connectivity index (χ1n) is 12.1. The summed E-state index contributed by atoms with van der Waals surface area (Å²) in [6, 6.07) is 13.9. The number of carbonyl (C=O) groups is 1. The second-order valence-electron chi connectivity index (χ2n) is 8.79. The zero-order chi connectivity index (χ0) is 24.8. The average Bonchev–Trinajstić information content (AvgIpc) is 3.14. The van der Waals surface area contributed by atoms with Crippen LogP contribution >= 0.6 is 23.4 Å². The third-order valence-corrected chi connectivity index (χ3v) is 7.75. The van der Waals surface area contributed by atoms with E-state index < -0.39 is 0 Å². The number of terminal acetylenes is 1. The van der Waals surface area contributed by atoms with Gasteiger partial charge in [-0.1, -0.05) is 67.2 Å². The van der Waals surface area contributed by atoms with Crippen LogP contribution in [0, 0.1) is 18.3 Å². The van der Waals surface area contributed by atoms with Crippen LogP contribution in [-0.4, -0.2) is 35.6 Å². The minimum Gasteiger partial charge on any atom is -0.490 e. The maximum atomic E-state index is 13.7. The minimum atomic E-state index is -0.179. The molecule has 4 rings (SSSR count). The Bertz CT molecular complexity index is 1120. The van der Waals surface area contributed by atoms with Crippen LogP contribution < -0.4 is 14.8 Å². The first-order valence-corrected chi connectivity index (χ1v) is 13.3. The summed E-state index contributed by atoms with van der Waals surface area (Å²) in [5.74, 6) is 3.88. The molecule has 0 bridgehead atoms. The molecule has 35 heavy (non-hydrogen) atoms. The molecule has 0 radical (unpaired) electrons. The van der Waals surface area contributed by atoms with Crippen molar-refractivity contribution in [2.24, 2.45) is 5.92 Å². The largest absolute Gasteiger partial charge is 0.490 e. The lowest BCUT2D eigenvalue weighted by Gasteiger charge is -2.39. The molecule has 2 fully saturated rings. The lowest BCUT2D eigenvalue weighted by Crippen LogP contribution is -2.48. The van der Waals surface area contributed by atoms with Gasteiger partial charge in [0.25, 0.3) is 5.91 Å². The van der Waals surface area contributed by atoms with Gasteiger partial charge in [-0.05, 0) is 61.6 Å². The molecular formula is C28H31ClN2O3S. The van der Waals surface area contributed by atoms with Crippen molar-refractivity contribution in [3.63, 3.8) is 0 Å². The van der Waals surface area contributed by atoms with Crippen molar-refractivity contribution >= 4 is 41.0 Å². The third kappa shape index (κ3) is 5.91. The number of anilines is 1. The van der Waals surface area contributed by atoms with E-state index in [4.69, 9.17) is 27.5 Å². The highest BCUT2D eigenvalue weighted by molar-refractivity contribution is 8.05. The van der Waals surface area contributed by atoms with E-state index >= 15 is 0 Å². The number of hydrogen-bond acceptors (Lipinski definition) is 5. The first-order chi connectivity index (χ1) is 17.0. The first kappa shape index (κ1) is 25.3. The Balaban J connectivity index is 1.66. The van der Waals surface area contributed by atoms with Crippen LogP contribution in [0.1, 0.15) is 45.1 Å². The fourth-order valence-electron chi connectivity index (χ4n) is 4.71. The lowest BCUT2D eigenvalue weighted by atomic mass is 9.85. The van der Waals surface area contributed by atoms with E-state index in [0.717, 1.165) is 30.5 Å². The number of benzene rings is 2. The van der Waals surface area contributed by atoms with Crippen LogP contribution in [0.15, 0.2) is 47.4 Å². The predicted octanol–water partition coefficient (Wildman–Crippen LogP) is 6.64. The SMILES string of the molecule is C#CCOc1c(Cl)cc(/C=C2\SC(Nc3ccccc3)N([C@H]3CCCC[C@@H]3C)C2=O)cc1OCC. The number of halogens is 1. The van der Waals surface area contributed by atoms with Crippen LogP contribution in [-0.2, 0) is 4.79 Å². The highest BCUT2D eigenvalue weighted by atomic mass is 35.5. The molecule has 2 aliphatic rings. The number of carbonyl (C=O) groups excluding carboxylic acids is 1. The molecule has 1 N–H and O–H groups in total. The zero-order valence-electron chi connectivity index (χ0n) is 20.1. The van der Waals surface area contributed by atoms with Gasteiger partial charge in [0.1, 0.15) is 6.61 Å². The average molecular weight is 511 g/mol. The number of amides is 1. The van der Waals surface area contributed by atoms with Crippen molar-refractivity contribution in [3.8, 4) is 23.8 Å². The zero-order valence-corrected chi connectivity index (χ0v) is 21.7. The summed E-state index contributed by atoms with van der Waals surface area (Å²) in [4.78, 5) is 16.5. The number of ether oxygens (including phenoxy) is 2. The van der Waals surface area contributed by atoms with E-state index in [1.54, 1.807) is 17.8 Å². The normalized spacial score (nSPS) is 23.3. The van der Waals surface area contributed by atoms with Crippen LogP contribution in [0.3, 0.4) is 0 Å². The number of para-hydroxylation sites is 1. The molecule has 7 heteroatoms. The summed E-state index contributed by atoms with van der Waals surface area (Å²) in [5.41, 5.74) is 1.59. The van der Waals surface area contributed by atoms with Gasteiger partial charge < -0.3 is 19.7 Å². The molecule has 1 unspecified atom stereocenters. The fraction of sp³-hybridized carbons (Fsp3) is 0.393. The molecule has 5 nitrogen and oxygen atoms in total. The monoisotopic (exact) mass is 510 g/mol. The smallest absolute Gasteiger partial charge is 0.262 e. The van der Waals surface area contributed by atoms with Crippen LogP contribution in [0.2, 0.25) is 5.02 Å². The Labute approximate surface area is 217 Å². The van der Waals surface area contributed by atoms with E-state index in [-0.39, 0.29) is 24.1 Å². The molecule has 1 aliphatic carbocycles. The van der Waals surface area contributed by atoms with Crippen molar-refractivity contribution in [1.82, 2.24) is 4.90 Å². The topological polar surface area (TPSA) is 50.8 Å². The molecule has 0 aromatic heterocycles. The summed E-state index contributed by atoms with van der Waals surface area (Å²) >= 11 is 8.06. The summed E-state index contributed by atoms with van der Waals surface area (Å²) in [6.07, 6.45) is 11.8. The van der Waals surface area contributed by atoms with Gasteiger partial charge in [-0.3, -0.25) is 4.79 Å². The Kier molecular flexibility index (Phi) is 8.54. The van der Waals surface area contributed by atoms with E-state index in [0.29, 0.717) is 34.0 Å². The molecule has 3 atom stereocenters. The standard InChI is InChI=1S/C28H31ClN2O3S/c1-4-15-34-26-22(29)16-20(17-24(26)33-5-2)18-25-27(32)31(23-14-10-9-11-19(23)3)28(35-25)30-21-12-7-6-8-13-21/h1,6-8,12-13,16-19,23,28,30H,5,9-11,14-15H2,2-3H3/b25-18-/t19-,23-,28?/m0/s1. The number of nitrogens with one attached hydrogen (secondary N) is 1. The minimum absolute atomic E-state index is 0.0453. The van der Waals surface area contributed by atoms with Crippen molar-refractivity contribution in [2.75, 3.05) is 18.5 Å². The van der Waals surface area contributed by atoms with E-state index in [2.05, 4.69) is 18.2 Å². The lowest BCUT2D eigenvalue weighted by molar-refractivity contribution is -0.129. The van der Waals surface area contributed by atoms with Gasteiger partial charge in [0.15, 0.2) is 17.0 Å². The van der Waals surface area contributed by atoms with E-state index in [1.807, 2.05) is 54.3 Å². The Morgan fingerprint density at radius 3 is 2.71 bits per heavy atom. The molecule has 1 heterocycles. The molecule has 2 aromatic carbocycles. The number of hydrogen-bond donors (Lipinski definition) is 1. The van der Waals surface area contributed by atoms with Gasteiger partial charge in [0.2, 0.25) is 0 Å². The van der Waals surface area contributed by atoms with E-state index in [9.17, 15) is 4.79 Å². The predicted molar refractivity (Wildman–Crippen MR) is 145 cm³/mol. The summed E-state index contributed by atoms with van der Waals surface area (Å²) in [6.45, 7) is 4.69. The highest BCUT2D eigenvalue weighted by Gasteiger charge is 2.42. The Morgan fingerprint density at radius 2 is 2.00 bits per heavy atom. The maximum absolute atomic E-state index is 13.7. The maximum Gasteiger partial charge on any atom is 0.262 e. The van der Waals surface area contributed by atoms with Crippen molar-refractivity contribution in [2.45, 2.75) is 51.1 Å². The van der Waals surface area contributed by atoms with Crippen molar-refractivity contribution in [1.29, 1.82) is 0 Å². The van der Waals surface area contributed by atoms with Gasteiger partial charge in [0, 0.05) is 11.7 Å².